The Morgan fingerprint density at radius 1 is 1.12 bits per heavy atom. The Morgan fingerprint density at radius 2 is 1.76 bits per heavy atom. The highest BCUT2D eigenvalue weighted by Gasteiger charge is 2.53. The molecule has 3 amide bonds. The van der Waals surface area contributed by atoms with Crippen LogP contribution in [0.15, 0.2) is 60.0 Å². The van der Waals surface area contributed by atoms with Crippen LogP contribution in [0.25, 0.3) is 11.1 Å². The van der Waals surface area contributed by atoms with Crippen LogP contribution in [0.4, 0.5) is 0 Å². The van der Waals surface area contributed by atoms with E-state index in [9.17, 15) is 14.4 Å². The number of carbonyl (C=O) groups is 3. The number of nitrogens with zero attached hydrogens (tertiary/aromatic N) is 3. The lowest BCUT2D eigenvalue weighted by Crippen LogP contribution is -2.42. The van der Waals surface area contributed by atoms with Crippen molar-refractivity contribution in [3.8, 4) is 11.1 Å². The Bertz CT molecular complexity index is 1190. The second-order valence-corrected chi connectivity index (χ2v) is 9.53. The van der Waals surface area contributed by atoms with Gasteiger partial charge in [-0.15, -0.1) is 11.3 Å². The topological polar surface area (TPSA) is 70.6 Å². The summed E-state index contributed by atoms with van der Waals surface area (Å²) in [6, 6.07) is 17.3. The third-order valence-electron chi connectivity index (χ3n) is 6.51. The number of thiazole rings is 1. The highest BCUT2D eigenvalue weighted by atomic mass is 32.1. The molecule has 0 unspecified atom stereocenters. The van der Waals surface area contributed by atoms with Crippen molar-refractivity contribution < 1.29 is 14.4 Å². The normalized spacial score (nSPS) is 19.1. The van der Waals surface area contributed by atoms with Crippen LogP contribution in [0.3, 0.4) is 0 Å². The van der Waals surface area contributed by atoms with E-state index in [2.05, 4.69) is 4.98 Å². The average molecular weight is 462 g/mol. The van der Waals surface area contributed by atoms with Crippen molar-refractivity contribution in [3.63, 3.8) is 0 Å². The number of aryl methyl sites for hydroxylation is 1. The van der Waals surface area contributed by atoms with Gasteiger partial charge in [-0.25, -0.2) is 4.98 Å². The molecule has 2 atom stereocenters. The zero-order valence-corrected chi connectivity index (χ0v) is 20.1. The molecule has 0 N–H and O–H groups in total. The van der Waals surface area contributed by atoms with Crippen LogP contribution in [0.1, 0.15) is 42.1 Å². The largest absolute Gasteiger partial charge is 0.337 e. The first-order valence-electron chi connectivity index (χ1n) is 10.9. The fourth-order valence-corrected chi connectivity index (χ4v) is 5.19. The van der Waals surface area contributed by atoms with E-state index in [0.29, 0.717) is 5.56 Å². The molecule has 0 bridgehead atoms. The van der Waals surface area contributed by atoms with Crippen molar-refractivity contribution in [1.29, 1.82) is 0 Å². The van der Waals surface area contributed by atoms with Crippen LogP contribution < -0.4 is 0 Å². The van der Waals surface area contributed by atoms with Gasteiger partial charge in [0.1, 0.15) is 5.01 Å². The van der Waals surface area contributed by atoms with E-state index < -0.39 is 5.41 Å². The van der Waals surface area contributed by atoms with Crippen LogP contribution in [0.2, 0.25) is 0 Å². The summed E-state index contributed by atoms with van der Waals surface area (Å²) in [6.07, 6.45) is -0.0882. The van der Waals surface area contributed by atoms with Crippen LogP contribution >= 0.6 is 11.3 Å². The maximum absolute atomic E-state index is 13.4. The molecule has 0 saturated carbocycles. The average Bonchev–Trinajstić information content (AvgIpc) is 3.36. The maximum atomic E-state index is 13.4. The van der Waals surface area contributed by atoms with Crippen molar-refractivity contribution in [1.82, 2.24) is 14.8 Å². The van der Waals surface area contributed by atoms with Crippen LogP contribution in [-0.4, -0.2) is 46.6 Å². The van der Waals surface area contributed by atoms with Gasteiger partial charge in [0, 0.05) is 38.0 Å². The zero-order chi connectivity index (χ0) is 23.8. The number of hydrogen-bond acceptors (Lipinski definition) is 5. The van der Waals surface area contributed by atoms with Crippen LogP contribution in [0, 0.1) is 6.92 Å². The molecule has 0 aliphatic carbocycles. The predicted molar refractivity (Wildman–Crippen MR) is 129 cm³/mol. The minimum atomic E-state index is -1.20. The highest BCUT2D eigenvalue weighted by molar-refractivity contribution is 7.09. The fourth-order valence-electron chi connectivity index (χ4n) is 4.29. The third kappa shape index (κ3) is 4.20. The summed E-state index contributed by atoms with van der Waals surface area (Å²) in [6.45, 7) is 3.84. The van der Waals surface area contributed by atoms with E-state index in [1.165, 1.54) is 18.4 Å². The lowest BCUT2D eigenvalue weighted by molar-refractivity contribution is -0.141. The number of hydrogen-bond donors (Lipinski definition) is 0. The first-order chi connectivity index (χ1) is 15.7. The number of imide groups is 1. The van der Waals surface area contributed by atoms with Gasteiger partial charge in [-0.1, -0.05) is 54.6 Å². The molecule has 1 aromatic heterocycles. The van der Waals surface area contributed by atoms with Gasteiger partial charge >= 0.3 is 0 Å². The molecule has 33 heavy (non-hydrogen) atoms. The Hall–Kier alpha value is -3.32. The van der Waals surface area contributed by atoms with Crippen molar-refractivity contribution in [2.45, 2.75) is 38.1 Å². The molecule has 2 heterocycles. The number of rotatable bonds is 6. The predicted octanol–water partition coefficient (Wildman–Crippen LogP) is 4.35. The standard InChI is InChI=1S/C26H27N3O3S/c1-17-16-33-24(27-17)18(2)28(3)22(30)14-26(15-23(31)29(4)25(26)32)21-12-10-20(11-13-21)19-8-6-5-7-9-19/h5-13,16,18H,14-15H2,1-4H3/t18-,26-/m0/s1. The van der Waals surface area contributed by atoms with Gasteiger partial charge in [0.05, 0.1) is 11.5 Å². The summed E-state index contributed by atoms with van der Waals surface area (Å²) >= 11 is 1.51. The van der Waals surface area contributed by atoms with E-state index >= 15 is 0 Å². The highest BCUT2D eigenvalue weighted by Crippen LogP contribution is 2.41. The lowest BCUT2D eigenvalue weighted by Gasteiger charge is -2.30. The van der Waals surface area contributed by atoms with E-state index in [4.69, 9.17) is 0 Å². The molecule has 6 nitrogen and oxygen atoms in total. The first-order valence-corrected chi connectivity index (χ1v) is 11.8. The van der Waals surface area contributed by atoms with Crippen LogP contribution in [0.5, 0.6) is 0 Å². The van der Waals surface area contributed by atoms with Gasteiger partial charge in [-0.05, 0) is 30.5 Å². The molecule has 0 spiro atoms. The Labute approximate surface area is 197 Å². The summed E-state index contributed by atoms with van der Waals surface area (Å²) < 4.78 is 0. The molecule has 1 saturated heterocycles. The molecular formula is C26H27N3O3S. The van der Waals surface area contributed by atoms with E-state index in [1.807, 2.05) is 73.8 Å². The quantitative estimate of drug-likeness (QED) is 0.512. The van der Waals surface area contributed by atoms with Gasteiger partial charge in [0.25, 0.3) is 0 Å². The van der Waals surface area contributed by atoms with Gasteiger partial charge in [-0.2, -0.15) is 0 Å². The molecule has 2 aromatic carbocycles. The number of aromatic nitrogens is 1. The first kappa shape index (κ1) is 22.9. The smallest absolute Gasteiger partial charge is 0.240 e. The number of likely N-dealkylation sites (N-methyl/N-ethyl adjacent to an activating group) is 1. The number of carbonyl (C=O) groups excluding carboxylic acids is 3. The van der Waals surface area contributed by atoms with Gasteiger partial charge in [0.15, 0.2) is 0 Å². The molecule has 1 fully saturated rings. The van der Waals surface area contributed by atoms with Gasteiger partial charge < -0.3 is 4.90 Å². The monoisotopic (exact) mass is 461 g/mol. The maximum Gasteiger partial charge on any atom is 0.240 e. The van der Waals surface area contributed by atoms with Crippen molar-refractivity contribution in [2.24, 2.45) is 0 Å². The van der Waals surface area contributed by atoms with Gasteiger partial charge in [0.2, 0.25) is 17.7 Å². The molecule has 1 aliphatic heterocycles. The Balaban J connectivity index is 1.65. The lowest BCUT2D eigenvalue weighted by atomic mass is 9.75. The Kier molecular flexibility index (Phi) is 6.17. The molecule has 4 rings (SSSR count). The molecule has 7 heteroatoms. The molecule has 170 valence electrons. The van der Waals surface area contributed by atoms with E-state index in [1.54, 1.807) is 11.9 Å². The summed E-state index contributed by atoms with van der Waals surface area (Å²) in [4.78, 5) is 46.5. The van der Waals surface area contributed by atoms with Crippen molar-refractivity contribution in [3.05, 3.63) is 76.2 Å². The Morgan fingerprint density at radius 3 is 2.30 bits per heavy atom. The number of amides is 3. The molecular weight excluding hydrogens is 434 g/mol. The molecule has 1 aliphatic rings. The number of benzene rings is 2. The minimum absolute atomic E-state index is 0.0165. The second kappa shape index (κ2) is 8.90. The summed E-state index contributed by atoms with van der Waals surface area (Å²) in [5.74, 6) is -0.801. The van der Waals surface area contributed by atoms with E-state index in [0.717, 1.165) is 26.7 Å². The third-order valence-corrected chi connectivity index (χ3v) is 7.64. The van der Waals surface area contributed by atoms with E-state index in [-0.39, 0.29) is 36.6 Å². The molecule has 0 radical (unpaired) electrons. The summed E-state index contributed by atoms with van der Waals surface area (Å²) in [7, 11) is 3.21. The minimum Gasteiger partial charge on any atom is -0.337 e. The molecule has 3 aromatic rings. The van der Waals surface area contributed by atoms with Crippen molar-refractivity contribution in [2.75, 3.05) is 14.1 Å². The van der Waals surface area contributed by atoms with Gasteiger partial charge in [-0.3, -0.25) is 19.3 Å². The summed E-state index contributed by atoms with van der Waals surface area (Å²) in [5.41, 5.74) is 2.47. The number of likely N-dealkylation sites (tertiary alicyclic amines) is 1. The van der Waals surface area contributed by atoms with Crippen molar-refractivity contribution >= 4 is 29.1 Å². The second-order valence-electron chi connectivity index (χ2n) is 8.64. The van der Waals surface area contributed by atoms with Crippen LogP contribution in [-0.2, 0) is 19.8 Å². The SMILES string of the molecule is Cc1csc([C@H](C)N(C)C(=O)C[C@@]2(c3ccc(-c4ccccc4)cc3)CC(=O)N(C)C2=O)n1. The summed E-state index contributed by atoms with van der Waals surface area (Å²) in [5, 5.41) is 2.80. The zero-order valence-electron chi connectivity index (χ0n) is 19.2. The fraction of sp³-hybridized carbons (Fsp3) is 0.308.